The van der Waals surface area contributed by atoms with E-state index in [0.717, 1.165) is 38.5 Å². The lowest BCUT2D eigenvalue weighted by molar-refractivity contribution is 0.174. The Hall–Kier alpha value is -2.59. The highest BCUT2D eigenvalue weighted by atomic mass is 32.2. The van der Waals surface area contributed by atoms with Gasteiger partial charge in [-0.1, -0.05) is 6.92 Å². The van der Waals surface area contributed by atoms with Gasteiger partial charge in [-0.05, 0) is 30.8 Å². The van der Waals surface area contributed by atoms with E-state index in [4.69, 9.17) is 9.47 Å². The van der Waals surface area contributed by atoms with E-state index in [0.29, 0.717) is 11.5 Å². The van der Waals surface area contributed by atoms with Crippen molar-refractivity contribution in [2.24, 2.45) is 0 Å². The number of hydrogen-bond acceptors (Lipinski definition) is 8. The predicted octanol–water partition coefficient (Wildman–Crippen LogP) is 1.15. The van der Waals surface area contributed by atoms with E-state index >= 15 is 0 Å². The topological polar surface area (TPSA) is 96.9 Å². The molecule has 1 fully saturated rings. The summed E-state index contributed by atoms with van der Waals surface area (Å²) in [5.74, 6) is 1.85. The van der Waals surface area contributed by atoms with Gasteiger partial charge in [-0.25, -0.2) is 8.42 Å². The monoisotopic (exact) mass is 391 g/mol. The highest BCUT2D eigenvalue weighted by Crippen LogP contribution is 2.34. The minimum Gasteiger partial charge on any atom is -0.454 e. The molecular weight excluding hydrogens is 370 g/mol. The molecule has 2 aliphatic heterocycles. The molecule has 4 rings (SSSR count). The largest absolute Gasteiger partial charge is 0.454 e. The van der Waals surface area contributed by atoms with Crippen LogP contribution in [0.5, 0.6) is 11.5 Å². The van der Waals surface area contributed by atoms with Crippen LogP contribution in [-0.4, -0.2) is 63.0 Å². The average Bonchev–Trinajstić information content (AvgIpc) is 3.16. The Labute approximate surface area is 157 Å². The van der Waals surface area contributed by atoms with Crippen LogP contribution in [0, 0.1) is 0 Å². The number of nitrogens with one attached hydrogen (secondary N) is 1. The van der Waals surface area contributed by atoms with Gasteiger partial charge in [-0.3, -0.25) is 4.72 Å². The zero-order valence-electron chi connectivity index (χ0n) is 15.0. The smallest absolute Gasteiger partial charge is 0.263 e. The second-order valence-corrected chi connectivity index (χ2v) is 8.00. The van der Waals surface area contributed by atoms with Crippen molar-refractivity contribution in [1.82, 2.24) is 15.1 Å². The Balaban J connectivity index is 1.45. The molecule has 9 nitrogen and oxygen atoms in total. The van der Waals surface area contributed by atoms with Crippen LogP contribution in [0.3, 0.4) is 0 Å². The summed E-state index contributed by atoms with van der Waals surface area (Å²) in [5, 5.41) is 8.20. The lowest BCUT2D eigenvalue weighted by atomic mass is 10.3. The highest BCUT2D eigenvalue weighted by molar-refractivity contribution is 7.92. The molecule has 1 N–H and O–H groups in total. The maximum absolute atomic E-state index is 12.6. The van der Waals surface area contributed by atoms with E-state index in [2.05, 4.69) is 31.6 Å². The van der Waals surface area contributed by atoms with Gasteiger partial charge in [-0.2, -0.15) is 0 Å². The van der Waals surface area contributed by atoms with Crippen LogP contribution in [0.1, 0.15) is 6.92 Å². The van der Waals surface area contributed by atoms with Crippen molar-refractivity contribution >= 4 is 21.7 Å². The number of piperazine rings is 1. The third-order valence-corrected chi connectivity index (χ3v) is 6.04. The second kappa shape index (κ2) is 7.20. The highest BCUT2D eigenvalue weighted by Gasteiger charge is 2.21. The van der Waals surface area contributed by atoms with E-state index in [-0.39, 0.29) is 17.5 Å². The number of rotatable bonds is 5. The molecule has 2 aromatic rings. The molecule has 0 bridgehead atoms. The minimum atomic E-state index is -3.79. The second-order valence-electron chi connectivity index (χ2n) is 6.32. The summed E-state index contributed by atoms with van der Waals surface area (Å²) in [7, 11) is -3.79. The summed E-state index contributed by atoms with van der Waals surface area (Å²) in [6.45, 7) is 7.01. The fraction of sp³-hybridized carbons (Fsp3) is 0.412. The summed E-state index contributed by atoms with van der Waals surface area (Å²) in [6, 6.07) is 7.87. The maximum atomic E-state index is 12.6. The zero-order valence-corrected chi connectivity index (χ0v) is 15.8. The molecule has 0 aliphatic carbocycles. The average molecular weight is 391 g/mol. The van der Waals surface area contributed by atoms with Gasteiger partial charge in [0.25, 0.3) is 10.0 Å². The van der Waals surface area contributed by atoms with Crippen molar-refractivity contribution in [3.8, 4) is 11.5 Å². The molecule has 27 heavy (non-hydrogen) atoms. The van der Waals surface area contributed by atoms with Crippen LogP contribution < -0.4 is 19.1 Å². The SMILES string of the molecule is CCN1CCN(c2ccc(NS(=O)(=O)c3ccc4c(c3)OCO4)nn2)CC1. The normalized spacial score (nSPS) is 17.1. The fourth-order valence-corrected chi connectivity index (χ4v) is 4.09. The number of benzene rings is 1. The lowest BCUT2D eigenvalue weighted by Crippen LogP contribution is -2.46. The summed E-state index contributed by atoms with van der Waals surface area (Å²) in [4.78, 5) is 4.60. The number of likely N-dealkylation sites (N-methyl/N-ethyl adjacent to an activating group) is 1. The van der Waals surface area contributed by atoms with Crippen molar-refractivity contribution in [3.05, 3.63) is 30.3 Å². The van der Waals surface area contributed by atoms with Gasteiger partial charge in [0.2, 0.25) is 6.79 Å². The number of aromatic nitrogens is 2. The molecule has 0 radical (unpaired) electrons. The van der Waals surface area contributed by atoms with Gasteiger partial charge in [0, 0.05) is 32.2 Å². The number of sulfonamides is 1. The van der Waals surface area contributed by atoms with Crippen LogP contribution >= 0.6 is 0 Å². The van der Waals surface area contributed by atoms with Gasteiger partial charge >= 0.3 is 0 Å². The molecule has 0 spiro atoms. The molecule has 0 amide bonds. The summed E-state index contributed by atoms with van der Waals surface area (Å²) in [5.41, 5.74) is 0. The third-order valence-electron chi connectivity index (χ3n) is 4.69. The van der Waals surface area contributed by atoms with Gasteiger partial charge in [0.1, 0.15) is 0 Å². The lowest BCUT2D eigenvalue weighted by Gasteiger charge is -2.34. The molecule has 3 heterocycles. The molecule has 0 atom stereocenters. The van der Waals surface area contributed by atoms with E-state index in [9.17, 15) is 8.42 Å². The van der Waals surface area contributed by atoms with Crippen LogP contribution in [0.4, 0.5) is 11.6 Å². The van der Waals surface area contributed by atoms with Gasteiger partial charge in [0.15, 0.2) is 23.1 Å². The number of nitrogens with zero attached hydrogens (tertiary/aromatic N) is 4. The number of ether oxygens (including phenoxy) is 2. The maximum Gasteiger partial charge on any atom is 0.263 e. The fourth-order valence-electron chi connectivity index (χ4n) is 3.08. The van der Waals surface area contributed by atoms with Crippen LogP contribution in [0.15, 0.2) is 35.2 Å². The molecule has 1 saturated heterocycles. The Morgan fingerprint density at radius 3 is 2.52 bits per heavy atom. The molecule has 0 unspecified atom stereocenters. The molecule has 144 valence electrons. The van der Waals surface area contributed by atoms with Gasteiger partial charge in [-0.15, -0.1) is 10.2 Å². The molecule has 1 aromatic carbocycles. The molecule has 2 aliphatic rings. The van der Waals surface area contributed by atoms with Crippen LogP contribution in [-0.2, 0) is 10.0 Å². The van der Waals surface area contributed by atoms with E-state index in [1.807, 2.05) is 0 Å². The van der Waals surface area contributed by atoms with Crippen molar-refractivity contribution in [3.63, 3.8) is 0 Å². The first-order chi connectivity index (χ1) is 13.0. The molecular formula is C17H21N5O4S. The first kappa shape index (κ1) is 17.8. The number of fused-ring (bicyclic) bond motifs is 1. The zero-order chi connectivity index (χ0) is 18.9. The van der Waals surface area contributed by atoms with Crippen molar-refractivity contribution in [2.45, 2.75) is 11.8 Å². The summed E-state index contributed by atoms with van der Waals surface area (Å²) >= 11 is 0. The van der Waals surface area contributed by atoms with Crippen LogP contribution in [0.25, 0.3) is 0 Å². The first-order valence-corrected chi connectivity index (χ1v) is 10.3. The molecule has 10 heteroatoms. The van der Waals surface area contributed by atoms with Crippen molar-refractivity contribution in [1.29, 1.82) is 0 Å². The predicted molar refractivity (Wildman–Crippen MR) is 99.7 cm³/mol. The molecule has 0 saturated carbocycles. The first-order valence-electron chi connectivity index (χ1n) is 8.78. The summed E-state index contributed by atoms with van der Waals surface area (Å²) < 4.78 is 38.0. The number of hydrogen-bond donors (Lipinski definition) is 1. The van der Waals surface area contributed by atoms with Crippen molar-refractivity contribution < 1.29 is 17.9 Å². The third kappa shape index (κ3) is 3.76. The summed E-state index contributed by atoms with van der Waals surface area (Å²) in [6.07, 6.45) is 0. The Bertz CT molecular complexity index is 911. The Kier molecular flexibility index (Phi) is 4.75. The van der Waals surface area contributed by atoms with Gasteiger partial charge in [0.05, 0.1) is 4.90 Å². The minimum absolute atomic E-state index is 0.0771. The van der Waals surface area contributed by atoms with Gasteiger partial charge < -0.3 is 19.3 Å². The van der Waals surface area contributed by atoms with E-state index in [1.165, 1.54) is 12.1 Å². The number of anilines is 2. The van der Waals surface area contributed by atoms with Crippen LogP contribution in [0.2, 0.25) is 0 Å². The van der Waals surface area contributed by atoms with E-state index in [1.54, 1.807) is 18.2 Å². The quantitative estimate of drug-likeness (QED) is 0.811. The van der Waals surface area contributed by atoms with Crippen molar-refractivity contribution in [2.75, 3.05) is 49.1 Å². The molecule has 1 aromatic heterocycles. The Morgan fingerprint density at radius 1 is 1.04 bits per heavy atom. The standard InChI is InChI=1S/C17H21N5O4S/c1-2-21-7-9-22(10-8-21)17-6-5-16(18-19-17)20-27(23,24)13-3-4-14-15(11-13)26-12-25-14/h3-6,11H,2,7-10,12H2,1H3,(H,18,20). The Morgan fingerprint density at radius 2 is 1.81 bits per heavy atom. The van der Waals surface area contributed by atoms with E-state index < -0.39 is 10.0 Å².